The Morgan fingerprint density at radius 2 is 2.06 bits per heavy atom. The van der Waals surface area contributed by atoms with Crippen LogP contribution in [0.15, 0.2) is 24.3 Å². The number of likely N-dealkylation sites (N-methyl/N-ethyl adjacent to an activating group) is 1. The van der Waals surface area contributed by atoms with Gasteiger partial charge in [0.15, 0.2) is 0 Å². The molecule has 0 amide bonds. The lowest BCUT2D eigenvalue weighted by Gasteiger charge is -2.24. The van der Waals surface area contributed by atoms with Crippen molar-refractivity contribution in [2.75, 3.05) is 27.3 Å². The van der Waals surface area contributed by atoms with Crippen LogP contribution >= 0.6 is 0 Å². The molecule has 4 heteroatoms. The molecule has 1 aromatic carbocycles. The van der Waals surface area contributed by atoms with E-state index in [-0.39, 0.29) is 19.2 Å². The maximum atomic E-state index is 9.32. The third-order valence-corrected chi connectivity index (χ3v) is 2.53. The fraction of sp³-hybridized carbons (Fsp3) is 0.417. The van der Waals surface area contributed by atoms with Crippen LogP contribution in [-0.2, 0) is 0 Å². The molecule has 0 aliphatic rings. The average molecular weight is 220 g/mol. The van der Waals surface area contributed by atoms with Gasteiger partial charge in [-0.25, -0.2) is 0 Å². The Labute approximate surface area is 95.7 Å². The first-order chi connectivity index (χ1) is 7.72. The molecule has 16 heavy (non-hydrogen) atoms. The molecule has 0 fully saturated rings. The van der Waals surface area contributed by atoms with Crippen molar-refractivity contribution in [3.05, 3.63) is 29.8 Å². The number of aliphatic hydroxyl groups is 1. The normalized spacial score (nSPS) is 12.2. The maximum absolute atomic E-state index is 9.32. The van der Waals surface area contributed by atoms with Gasteiger partial charge in [0.05, 0.1) is 32.4 Å². The molecule has 1 atom stereocenters. The minimum absolute atomic E-state index is 0.00942. The monoisotopic (exact) mass is 220 g/mol. The van der Waals surface area contributed by atoms with Crippen LogP contribution in [0.4, 0.5) is 0 Å². The number of nitrogens with zero attached hydrogens (tertiary/aromatic N) is 2. The zero-order chi connectivity index (χ0) is 12.0. The highest BCUT2D eigenvalue weighted by molar-refractivity contribution is 5.29. The first-order valence-electron chi connectivity index (χ1n) is 5.05. The van der Waals surface area contributed by atoms with E-state index in [2.05, 4.69) is 6.07 Å². The molecule has 0 spiro atoms. The summed E-state index contributed by atoms with van der Waals surface area (Å²) in [4.78, 5) is 1.81. The third kappa shape index (κ3) is 2.96. The van der Waals surface area contributed by atoms with Crippen LogP contribution in [0.1, 0.15) is 11.6 Å². The molecule has 1 unspecified atom stereocenters. The molecule has 0 aliphatic heterocycles. The summed E-state index contributed by atoms with van der Waals surface area (Å²) in [7, 11) is 3.43. The number of aliphatic hydroxyl groups excluding tert-OH is 1. The SMILES string of the molecule is COc1ccc(C(CO)N(C)CC#N)cc1. The van der Waals surface area contributed by atoms with Gasteiger partial charge in [-0.3, -0.25) is 4.90 Å². The van der Waals surface area contributed by atoms with E-state index in [4.69, 9.17) is 10.00 Å². The summed E-state index contributed by atoms with van der Waals surface area (Å²) in [5.41, 5.74) is 0.973. The van der Waals surface area contributed by atoms with Gasteiger partial charge in [-0.1, -0.05) is 12.1 Å². The van der Waals surface area contributed by atoms with Crippen LogP contribution in [0.25, 0.3) is 0 Å². The average Bonchev–Trinajstić information content (AvgIpc) is 2.31. The fourth-order valence-electron chi connectivity index (χ4n) is 1.55. The van der Waals surface area contributed by atoms with Crippen LogP contribution in [0.3, 0.4) is 0 Å². The predicted molar refractivity (Wildman–Crippen MR) is 61.1 cm³/mol. The highest BCUT2D eigenvalue weighted by atomic mass is 16.5. The van der Waals surface area contributed by atoms with Crippen molar-refractivity contribution in [3.63, 3.8) is 0 Å². The molecule has 0 radical (unpaired) electrons. The first-order valence-corrected chi connectivity index (χ1v) is 5.05. The van der Waals surface area contributed by atoms with Crippen molar-refractivity contribution >= 4 is 0 Å². The maximum Gasteiger partial charge on any atom is 0.118 e. The molecule has 0 aromatic heterocycles. The van der Waals surface area contributed by atoms with Crippen LogP contribution in [0.5, 0.6) is 5.75 Å². The van der Waals surface area contributed by atoms with Crippen molar-refractivity contribution < 1.29 is 9.84 Å². The molecular formula is C12H16N2O2. The van der Waals surface area contributed by atoms with E-state index in [1.807, 2.05) is 36.2 Å². The number of rotatable bonds is 5. The number of ether oxygens (including phenoxy) is 1. The molecular weight excluding hydrogens is 204 g/mol. The number of nitriles is 1. The summed E-state index contributed by atoms with van der Waals surface area (Å²) in [5.74, 6) is 0.781. The van der Waals surface area contributed by atoms with Gasteiger partial charge in [0.1, 0.15) is 5.75 Å². The Morgan fingerprint density at radius 1 is 1.44 bits per heavy atom. The van der Waals surface area contributed by atoms with Gasteiger partial charge in [-0.05, 0) is 24.7 Å². The van der Waals surface area contributed by atoms with E-state index in [9.17, 15) is 5.11 Å². The number of hydrogen-bond donors (Lipinski definition) is 1. The lowest BCUT2D eigenvalue weighted by molar-refractivity contribution is 0.160. The van der Waals surface area contributed by atoms with Crippen molar-refractivity contribution in [2.45, 2.75) is 6.04 Å². The van der Waals surface area contributed by atoms with Crippen molar-refractivity contribution in [1.29, 1.82) is 5.26 Å². The standard InChI is InChI=1S/C12H16N2O2/c1-14(8-7-13)12(9-15)10-3-5-11(16-2)6-4-10/h3-6,12,15H,8-9H2,1-2H3. The smallest absolute Gasteiger partial charge is 0.118 e. The van der Waals surface area contributed by atoms with Gasteiger partial charge in [0, 0.05) is 0 Å². The minimum Gasteiger partial charge on any atom is -0.497 e. The second-order valence-electron chi connectivity index (χ2n) is 3.54. The van der Waals surface area contributed by atoms with Crippen molar-refractivity contribution in [3.8, 4) is 11.8 Å². The van der Waals surface area contributed by atoms with E-state index in [1.54, 1.807) is 7.11 Å². The lowest BCUT2D eigenvalue weighted by atomic mass is 10.1. The van der Waals surface area contributed by atoms with E-state index < -0.39 is 0 Å². The fourth-order valence-corrected chi connectivity index (χ4v) is 1.55. The van der Waals surface area contributed by atoms with Crippen molar-refractivity contribution in [2.24, 2.45) is 0 Å². The topological polar surface area (TPSA) is 56.5 Å². The van der Waals surface area contributed by atoms with E-state index in [1.165, 1.54) is 0 Å². The Bertz CT molecular complexity index is 356. The molecule has 86 valence electrons. The van der Waals surface area contributed by atoms with E-state index in [0.717, 1.165) is 11.3 Å². The summed E-state index contributed by atoms with van der Waals surface area (Å²) < 4.78 is 5.06. The molecule has 0 saturated carbocycles. The zero-order valence-corrected chi connectivity index (χ0v) is 9.55. The van der Waals surface area contributed by atoms with Crippen molar-refractivity contribution in [1.82, 2.24) is 4.90 Å². The highest BCUT2D eigenvalue weighted by Gasteiger charge is 2.15. The molecule has 0 aliphatic carbocycles. The summed E-state index contributed by atoms with van der Waals surface area (Å²) in [6.45, 7) is 0.280. The third-order valence-electron chi connectivity index (χ3n) is 2.53. The predicted octanol–water partition coefficient (Wildman–Crippen LogP) is 1.18. The Morgan fingerprint density at radius 3 is 2.50 bits per heavy atom. The Kier molecular flexibility index (Phi) is 4.77. The largest absolute Gasteiger partial charge is 0.497 e. The quantitative estimate of drug-likeness (QED) is 0.757. The highest BCUT2D eigenvalue weighted by Crippen LogP contribution is 2.21. The summed E-state index contributed by atoms with van der Waals surface area (Å²) in [6.07, 6.45) is 0. The molecule has 1 N–H and O–H groups in total. The van der Waals surface area contributed by atoms with Gasteiger partial charge < -0.3 is 9.84 Å². The molecule has 0 saturated heterocycles. The summed E-state index contributed by atoms with van der Waals surface area (Å²) in [5, 5.41) is 17.9. The molecule has 4 nitrogen and oxygen atoms in total. The van der Waals surface area contributed by atoms with Gasteiger partial charge in [0.2, 0.25) is 0 Å². The molecule has 1 rings (SSSR count). The van der Waals surface area contributed by atoms with E-state index in [0.29, 0.717) is 0 Å². The minimum atomic E-state index is -0.148. The molecule has 0 bridgehead atoms. The number of methoxy groups -OCH3 is 1. The lowest BCUT2D eigenvalue weighted by Crippen LogP contribution is -2.27. The van der Waals surface area contributed by atoms with Gasteiger partial charge in [-0.15, -0.1) is 0 Å². The number of hydrogen-bond acceptors (Lipinski definition) is 4. The van der Waals surface area contributed by atoms with Crippen LogP contribution < -0.4 is 4.74 Å². The van der Waals surface area contributed by atoms with Gasteiger partial charge >= 0.3 is 0 Å². The Hall–Kier alpha value is -1.57. The van der Waals surface area contributed by atoms with Crippen LogP contribution in [0, 0.1) is 11.3 Å². The zero-order valence-electron chi connectivity index (χ0n) is 9.55. The van der Waals surface area contributed by atoms with Gasteiger partial charge in [0.25, 0.3) is 0 Å². The van der Waals surface area contributed by atoms with Gasteiger partial charge in [-0.2, -0.15) is 5.26 Å². The number of benzene rings is 1. The second-order valence-corrected chi connectivity index (χ2v) is 3.54. The first kappa shape index (κ1) is 12.5. The second kappa shape index (κ2) is 6.11. The van der Waals surface area contributed by atoms with Crippen LogP contribution in [0.2, 0.25) is 0 Å². The van der Waals surface area contributed by atoms with Crippen LogP contribution in [-0.4, -0.2) is 37.3 Å². The summed E-state index contributed by atoms with van der Waals surface area (Å²) in [6, 6.07) is 9.40. The molecule has 1 aromatic rings. The summed E-state index contributed by atoms with van der Waals surface area (Å²) >= 11 is 0. The molecule has 0 heterocycles. The Balaban J connectivity index is 2.83. The van der Waals surface area contributed by atoms with E-state index >= 15 is 0 Å².